The van der Waals surface area contributed by atoms with Gasteiger partial charge >= 0.3 is 0 Å². The summed E-state index contributed by atoms with van der Waals surface area (Å²) in [7, 11) is 0. The average Bonchev–Trinajstić information content (AvgIpc) is 2.24. The highest BCUT2D eigenvalue weighted by Gasteiger charge is 2.26. The number of nitrogens with two attached hydrogens (primary N) is 1. The van der Waals surface area contributed by atoms with Crippen LogP contribution in [0.15, 0.2) is 0 Å². The van der Waals surface area contributed by atoms with Crippen LogP contribution in [0.5, 0.6) is 0 Å². The first kappa shape index (κ1) is 14.5. The Bertz CT molecular complexity index is 248. The number of carbonyl (C=O) groups excluding carboxylic acids is 1. The molecule has 1 saturated heterocycles. The van der Waals surface area contributed by atoms with Crippen LogP contribution in [-0.4, -0.2) is 42.1 Å². The summed E-state index contributed by atoms with van der Waals surface area (Å²) in [6.07, 6.45) is 3.75. The highest BCUT2D eigenvalue weighted by Crippen LogP contribution is 2.16. The van der Waals surface area contributed by atoms with Gasteiger partial charge in [-0.25, -0.2) is 0 Å². The van der Waals surface area contributed by atoms with E-state index in [2.05, 4.69) is 6.92 Å². The van der Waals surface area contributed by atoms with Crippen LogP contribution in [-0.2, 0) is 9.53 Å². The van der Waals surface area contributed by atoms with E-state index in [9.17, 15) is 4.79 Å². The summed E-state index contributed by atoms with van der Waals surface area (Å²) in [6, 6.07) is 0. The monoisotopic (exact) mass is 242 g/mol. The average molecular weight is 242 g/mol. The Morgan fingerprint density at radius 2 is 2.24 bits per heavy atom. The fourth-order valence-electron chi connectivity index (χ4n) is 2.09. The van der Waals surface area contributed by atoms with Crippen LogP contribution in [0, 0.1) is 0 Å². The normalized spacial score (nSPS) is 21.6. The van der Waals surface area contributed by atoms with E-state index < -0.39 is 5.54 Å². The zero-order valence-electron chi connectivity index (χ0n) is 11.4. The molecule has 100 valence electrons. The second-order valence-corrected chi connectivity index (χ2v) is 5.64. The van der Waals surface area contributed by atoms with E-state index in [0.29, 0.717) is 6.42 Å². The first-order valence-electron chi connectivity index (χ1n) is 6.60. The molecule has 1 atom stereocenters. The molecule has 17 heavy (non-hydrogen) atoms. The maximum absolute atomic E-state index is 12.0. The quantitative estimate of drug-likeness (QED) is 0.795. The minimum Gasteiger partial charge on any atom is -0.376 e. The maximum atomic E-state index is 12.0. The molecule has 2 N–H and O–H groups in total. The lowest BCUT2D eigenvalue weighted by Crippen LogP contribution is -2.47. The molecule has 1 aliphatic rings. The number of amides is 1. The fraction of sp³-hybridized carbons (Fsp3) is 0.923. The Labute approximate surface area is 104 Å². The van der Waals surface area contributed by atoms with Crippen LogP contribution in [0.4, 0.5) is 0 Å². The topological polar surface area (TPSA) is 55.6 Å². The standard InChI is InChI=1S/C13H26N2O2/c1-4-8-17-11-6-5-7-15(10-11)12(16)9-13(2,3)14/h11H,4-10,14H2,1-3H3. The summed E-state index contributed by atoms with van der Waals surface area (Å²) >= 11 is 0. The van der Waals surface area contributed by atoms with Gasteiger partial charge in [0, 0.05) is 31.7 Å². The van der Waals surface area contributed by atoms with Crippen LogP contribution < -0.4 is 5.73 Å². The van der Waals surface area contributed by atoms with Gasteiger partial charge in [0.2, 0.25) is 5.91 Å². The minimum absolute atomic E-state index is 0.155. The van der Waals surface area contributed by atoms with Crippen molar-refractivity contribution < 1.29 is 9.53 Å². The molecule has 1 heterocycles. The molecule has 4 nitrogen and oxygen atoms in total. The Balaban J connectivity index is 2.40. The zero-order valence-corrected chi connectivity index (χ0v) is 11.4. The van der Waals surface area contributed by atoms with Crippen molar-refractivity contribution in [3.05, 3.63) is 0 Å². The number of carbonyl (C=O) groups is 1. The summed E-state index contributed by atoms with van der Waals surface area (Å²) in [4.78, 5) is 13.9. The highest BCUT2D eigenvalue weighted by atomic mass is 16.5. The summed E-state index contributed by atoms with van der Waals surface area (Å²) in [5.74, 6) is 0.155. The number of nitrogens with zero attached hydrogens (tertiary/aromatic N) is 1. The Morgan fingerprint density at radius 3 is 2.82 bits per heavy atom. The molecule has 0 aliphatic carbocycles. The van der Waals surface area contributed by atoms with Gasteiger partial charge in [0.15, 0.2) is 0 Å². The Hall–Kier alpha value is -0.610. The van der Waals surface area contributed by atoms with Crippen LogP contribution >= 0.6 is 0 Å². The molecule has 0 bridgehead atoms. The summed E-state index contributed by atoms with van der Waals surface area (Å²) in [6.45, 7) is 8.24. The van der Waals surface area contributed by atoms with Crippen molar-refractivity contribution in [2.75, 3.05) is 19.7 Å². The third-order valence-electron chi connectivity index (χ3n) is 2.90. The van der Waals surface area contributed by atoms with E-state index in [4.69, 9.17) is 10.5 Å². The van der Waals surface area contributed by atoms with Crippen molar-refractivity contribution in [2.24, 2.45) is 5.73 Å². The van der Waals surface area contributed by atoms with Crippen molar-refractivity contribution in [2.45, 2.75) is 58.1 Å². The number of likely N-dealkylation sites (tertiary alicyclic amines) is 1. The summed E-state index contributed by atoms with van der Waals surface area (Å²) in [5, 5.41) is 0. The van der Waals surface area contributed by atoms with Crippen molar-refractivity contribution in [3.8, 4) is 0 Å². The third-order valence-corrected chi connectivity index (χ3v) is 2.90. The van der Waals surface area contributed by atoms with Gasteiger partial charge in [-0.2, -0.15) is 0 Å². The molecular weight excluding hydrogens is 216 g/mol. The molecule has 0 aromatic carbocycles. The summed E-state index contributed by atoms with van der Waals surface area (Å²) < 4.78 is 5.72. The molecule has 1 aliphatic heterocycles. The van der Waals surface area contributed by atoms with Gasteiger partial charge in [-0.1, -0.05) is 6.92 Å². The molecule has 0 saturated carbocycles. The smallest absolute Gasteiger partial charge is 0.224 e. The lowest BCUT2D eigenvalue weighted by Gasteiger charge is -2.34. The van der Waals surface area contributed by atoms with Crippen LogP contribution in [0.25, 0.3) is 0 Å². The van der Waals surface area contributed by atoms with E-state index in [-0.39, 0.29) is 12.0 Å². The van der Waals surface area contributed by atoms with E-state index in [1.54, 1.807) is 0 Å². The van der Waals surface area contributed by atoms with E-state index in [1.807, 2.05) is 18.7 Å². The van der Waals surface area contributed by atoms with Crippen LogP contribution in [0.1, 0.15) is 46.5 Å². The molecule has 1 rings (SSSR count). The van der Waals surface area contributed by atoms with Crippen molar-refractivity contribution in [1.82, 2.24) is 4.90 Å². The number of hydrogen-bond donors (Lipinski definition) is 1. The second kappa shape index (κ2) is 6.36. The second-order valence-electron chi connectivity index (χ2n) is 5.64. The fourth-order valence-corrected chi connectivity index (χ4v) is 2.09. The van der Waals surface area contributed by atoms with Gasteiger partial charge in [-0.3, -0.25) is 4.79 Å². The largest absolute Gasteiger partial charge is 0.376 e. The van der Waals surface area contributed by atoms with Gasteiger partial charge in [-0.05, 0) is 33.1 Å². The zero-order chi connectivity index (χ0) is 12.9. The first-order valence-corrected chi connectivity index (χ1v) is 6.60. The minimum atomic E-state index is -0.422. The molecule has 0 spiro atoms. The Kier molecular flexibility index (Phi) is 5.40. The number of hydrogen-bond acceptors (Lipinski definition) is 3. The van der Waals surface area contributed by atoms with E-state index in [1.165, 1.54) is 0 Å². The third kappa shape index (κ3) is 5.50. The molecule has 1 amide bonds. The molecule has 1 unspecified atom stereocenters. The molecule has 0 aromatic rings. The highest BCUT2D eigenvalue weighted by molar-refractivity contribution is 5.77. The lowest BCUT2D eigenvalue weighted by atomic mass is 10.00. The lowest BCUT2D eigenvalue weighted by molar-refractivity contribution is -0.136. The Morgan fingerprint density at radius 1 is 1.53 bits per heavy atom. The van der Waals surface area contributed by atoms with Crippen molar-refractivity contribution in [3.63, 3.8) is 0 Å². The number of piperidine rings is 1. The van der Waals surface area contributed by atoms with Gasteiger partial charge in [-0.15, -0.1) is 0 Å². The molecular formula is C13H26N2O2. The predicted octanol–water partition coefficient (Wildman–Crippen LogP) is 1.53. The SMILES string of the molecule is CCCOC1CCCN(C(=O)CC(C)(C)N)C1. The first-order chi connectivity index (χ1) is 7.92. The molecule has 4 heteroatoms. The molecule has 0 aromatic heterocycles. The summed E-state index contributed by atoms with van der Waals surface area (Å²) in [5.41, 5.74) is 5.46. The van der Waals surface area contributed by atoms with Gasteiger partial charge in [0.25, 0.3) is 0 Å². The van der Waals surface area contributed by atoms with Gasteiger partial charge in [0.05, 0.1) is 6.10 Å². The van der Waals surface area contributed by atoms with Gasteiger partial charge in [0.1, 0.15) is 0 Å². The number of rotatable bonds is 5. The van der Waals surface area contributed by atoms with Crippen LogP contribution in [0.3, 0.4) is 0 Å². The van der Waals surface area contributed by atoms with Crippen molar-refractivity contribution >= 4 is 5.91 Å². The number of ether oxygens (including phenoxy) is 1. The molecule has 0 radical (unpaired) electrons. The predicted molar refractivity (Wildman–Crippen MR) is 68.7 cm³/mol. The van der Waals surface area contributed by atoms with Crippen molar-refractivity contribution in [1.29, 1.82) is 0 Å². The van der Waals surface area contributed by atoms with Crippen LogP contribution in [0.2, 0.25) is 0 Å². The van der Waals surface area contributed by atoms with E-state index in [0.717, 1.165) is 39.0 Å². The maximum Gasteiger partial charge on any atom is 0.224 e. The molecule has 1 fully saturated rings. The van der Waals surface area contributed by atoms with E-state index >= 15 is 0 Å². The van der Waals surface area contributed by atoms with Gasteiger partial charge < -0.3 is 15.4 Å².